The first-order valence-corrected chi connectivity index (χ1v) is 17.1. The van der Waals surface area contributed by atoms with Gasteiger partial charge in [-0.3, -0.25) is 4.79 Å². The molecule has 228 valence electrons. The molecule has 0 atom stereocenters. The number of rotatable bonds is 9. The van der Waals surface area contributed by atoms with Gasteiger partial charge < -0.3 is 14.5 Å². The van der Waals surface area contributed by atoms with Gasteiger partial charge in [-0.15, -0.1) is 0 Å². The Kier molecular flexibility index (Phi) is 9.57. The largest absolute Gasteiger partial charge is 0.444 e. The van der Waals surface area contributed by atoms with Gasteiger partial charge in [0.1, 0.15) is 6.61 Å². The highest BCUT2D eigenvalue weighted by Gasteiger charge is 2.49. The summed E-state index contributed by atoms with van der Waals surface area (Å²) in [5, 5.41) is 0. The molecule has 2 amide bonds. The van der Waals surface area contributed by atoms with Crippen LogP contribution >= 0.6 is 0 Å². The second kappa shape index (κ2) is 13.2. The first-order valence-electron chi connectivity index (χ1n) is 15.5. The van der Waals surface area contributed by atoms with Crippen LogP contribution in [0, 0.1) is 11.8 Å². The summed E-state index contributed by atoms with van der Waals surface area (Å²) in [6, 6.07) is 17.9. The van der Waals surface area contributed by atoms with E-state index >= 15 is 0 Å². The average molecular weight is 596 g/mol. The van der Waals surface area contributed by atoms with E-state index in [-0.39, 0.29) is 24.7 Å². The monoisotopic (exact) mass is 595 g/mol. The Morgan fingerprint density at radius 3 is 2.36 bits per heavy atom. The fourth-order valence-corrected chi connectivity index (χ4v) is 8.19. The molecular formula is C33H45N3O5S. The second-order valence-electron chi connectivity index (χ2n) is 12.7. The van der Waals surface area contributed by atoms with E-state index in [0.717, 1.165) is 54.5 Å². The van der Waals surface area contributed by atoms with Crippen molar-refractivity contribution in [1.29, 1.82) is 0 Å². The quantitative estimate of drug-likeness (QED) is 0.427. The van der Waals surface area contributed by atoms with E-state index in [1.54, 1.807) is 12.1 Å². The van der Waals surface area contributed by atoms with Gasteiger partial charge in [0.25, 0.3) is 0 Å². The molecule has 1 spiro atoms. The normalized spacial score (nSPS) is 22.6. The highest BCUT2D eigenvalue weighted by atomic mass is 32.2. The molecular weight excluding hydrogens is 550 g/mol. The predicted molar refractivity (Wildman–Crippen MR) is 163 cm³/mol. The summed E-state index contributed by atoms with van der Waals surface area (Å²) in [5.74, 6) is 1.42. The summed E-state index contributed by atoms with van der Waals surface area (Å²) in [7, 11) is -3.90. The number of nitrogens with zero attached hydrogens (tertiary/aromatic N) is 2. The van der Waals surface area contributed by atoms with Gasteiger partial charge in [0.15, 0.2) is 0 Å². The van der Waals surface area contributed by atoms with E-state index in [1.807, 2.05) is 40.0 Å². The number of benzene rings is 2. The molecule has 1 N–H and O–H groups in total. The summed E-state index contributed by atoms with van der Waals surface area (Å²) in [4.78, 5) is 30.6. The van der Waals surface area contributed by atoms with Crippen LogP contribution in [0.1, 0.15) is 75.5 Å². The van der Waals surface area contributed by atoms with E-state index in [0.29, 0.717) is 19.1 Å². The molecule has 5 rings (SSSR count). The SMILES string of the molecule is CC(C)C1CCC(N2CCC3(CC2)C(=O)N(CCCS(=O)(=O)NC(=O)OCc2ccccc2)Cc2ccccc23)CC1. The zero-order valence-corrected chi connectivity index (χ0v) is 25.8. The molecule has 3 aliphatic rings. The van der Waals surface area contributed by atoms with E-state index < -0.39 is 21.5 Å². The molecule has 0 unspecified atom stereocenters. The Labute approximate surface area is 250 Å². The summed E-state index contributed by atoms with van der Waals surface area (Å²) >= 11 is 0. The minimum atomic E-state index is -3.90. The van der Waals surface area contributed by atoms with Gasteiger partial charge in [0.2, 0.25) is 15.9 Å². The maximum absolute atomic E-state index is 14.1. The Morgan fingerprint density at radius 2 is 1.67 bits per heavy atom. The number of nitrogens with one attached hydrogen (secondary N) is 1. The van der Waals surface area contributed by atoms with Gasteiger partial charge >= 0.3 is 6.09 Å². The van der Waals surface area contributed by atoms with Crippen LogP contribution in [0.15, 0.2) is 54.6 Å². The molecule has 1 aliphatic carbocycles. The third-order valence-corrected chi connectivity index (χ3v) is 11.0. The highest BCUT2D eigenvalue weighted by molar-refractivity contribution is 7.90. The summed E-state index contributed by atoms with van der Waals surface area (Å²) < 4.78 is 32.2. The molecule has 1 saturated carbocycles. The highest BCUT2D eigenvalue weighted by Crippen LogP contribution is 2.44. The van der Waals surface area contributed by atoms with Crippen molar-refractivity contribution >= 4 is 22.0 Å². The molecule has 42 heavy (non-hydrogen) atoms. The smallest absolute Gasteiger partial charge is 0.421 e. The standard InChI is InChI=1S/C33H45N3O5S/c1-25(2)27-13-15-29(16-14-27)35-20-17-33(18-21-35)30-12-7-6-11-28(30)23-36(31(33)37)19-8-22-42(39,40)34-32(38)41-24-26-9-4-3-5-10-26/h3-7,9-12,25,27,29H,8,13-24H2,1-2H3,(H,34,38). The van der Waals surface area contributed by atoms with Crippen molar-refractivity contribution in [3.05, 3.63) is 71.3 Å². The third kappa shape index (κ3) is 7.00. The number of ether oxygens (including phenoxy) is 1. The predicted octanol–water partition coefficient (Wildman–Crippen LogP) is 5.22. The fraction of sp³-hybridized carbons (Fsp3) is 0.576. The van der Waals surface area contributed by atoms with Crippen LogP contribution in [0.4, 0.5) is 4.79 Å². The molecule has 2 aliphatic heterocycles. The molecule has 8 nitrogen and oxygen atoms in total. The number of carbonyl (C=O) groups is 2. The van der Waals surface area contributed by atoms with Crippen molar-refractivity contribution in [1.82, 2.24) is 14.5 Å². The van der Waals surface area contributed by atoms with Crippen molar-refractivity contribution in [3.63, 3.8) is 0 Å². The van der Waals surface area contributed by atoms with E-state index in [1.165, 1.54) is 25.7 Å². The molecule has 2 heterocycles. The molecule has 1 saturated heterocycles. The minimum absolute atomic E-state index is 0.0113. The number of sulfonamides is 1. The third-order valence-electron chi connectivity index (χ3n) is 9.74. The number of hydrogen-bond acceptors (Lipinski definition) is 6. The zero-order chi connectivity index (χ0) is 29.7. The first kappa shape index (κ1) is 30.5. The number of piperidine rings is 1. The van der Waals surface area contributed by atoms with Gasteiger partial charge in [-0.1, -0.05) is 68.4 Å². The maximum atomic E-state index is 14.1. The van der Waals surface area contributed by atoms with Crippen molar-refractivity contribution in [2.45, 2.75) is 83.4 Å². The van der Waals surface area contributed by atoms with Crippen LogP contribution < -0.4 is 4.72 Å². The van der Waals surface area contributed by atoms with Crippen LogP contribution in [0.3, 0.4) is 0 Å². The lowest BCUT2D eigenvalue weighted by atomic mass is 9.67. The number of carbonyl (C=O) groups excluding carboxylic acids is 2. The van der Waals surface area contributed by atoms with Gasteiger partial charge in [-0.05, 0) is 86.6 Å². The maximum Gasteiger partial charge on any atom is 0.421 e. The van der Waals surface area contributed by atoms with Gasteiger partial charge in [0, 0.05) is 19.1 Å². The molecule has 2 aromatic rings. The molecule has 9 heteroatoms. The Bertz CT molecular complexity index is 1330. The average Bonchev–Trinajstić information content (AvgIpc) is 2.99. The topological polar surface area (TPSA) is 96.0 Å². The molecule has 0 bridgehead atoms. The number of fused-ring (bicyclic) bond motifs is 2. The van der Waals surface area contributed by atoms with Crippen LogP contribution in [-0.2, 0) is 38.1 Å². The van der Waals surface area contributed by atoms with Crippen LogP contribution in [-0.4, -0.2) is 61.6 Å². The van der Waals surface area contributed by atoms with Crippen LogP contribution in [0.25, 0.3) is 0 Å². The van der Waals surface area contributed by atoms with E-state index in [9.17, 15) is 18.0 Å². The van der Waals surface area contributed by atoms with Gasteiger partial charge in [-0.25, -0.2) is 17.9 Å². The number of likely N-dealkylation sites (tertiary alicyclic amines) is 1. The van der Waals surface area contributed by atoms with Crippen LogP contribution in [0.2, 0.25) is 0 Å². The summed E-state index contributed by atoms with van der Waals surface area (Å²) in [6.07, 6.45) is 5.89. The number of hydrogen-bond donors (Lipinski definition) is 1. The van der Waals surface area contributed by atoms with Crippen LogP contribution in [0.5, 0.6) is 0 Å². The Morgan fingerprint density at radius 1 is 1.00 bits per heavy atom. The number of amides is 2. The lowest BCUT2D eigenvalue weighted by Gasteiger charge is -2.49. The van der Waals surface area contributed by atoms with Crippen molar-refractivity contribution in [2.24, 2.45) is 11.8 Å². The van der Waals surface area contributed by atoms with Crippen molar-refractivity contribution in [3.8, 4) is 0 Å². The van der Waals surface area contributed by atoms with E-state index in [2.05, 4.69) is 30.9 Å². The molecule has 0 aromatic heterocycles. The zero-order valence-electron chi connectivity index (χ0n) is 25.0. The minimum Gasteiger partial charge on any atom is -0.444 e. The fourth-order valence-electron chi connectivity index (χ4n) is 7.26. The lowest BCUT2D eigenvalue weighted by Crippen LogP contribution is -2.57. The Balaban J connectivity index is 1.16. The van der Waals surface area contributed by atoms with E-state index in [4.69, 9.17) is 4.74 Å². The lowest BCUT2D eigenvalue weighted by molar-refractivity contribution is -0.142. The first-order chi connectivity index (χ1) is 20.2. The molecule has 2 aromatic carbocycles. The summed E-state index contributed by atoms with van der Waals surface area (Å²) in [5.41, 5.74) is 2.50. The van der Waals surface area contributed by atoms with Crippen molar-refractivity contribution in [2.75, 3.05) is 25.4 Å². The Hall–Kier alpha value is -2.91. The molecule has 2 fully saturated rings. The summed E-state index contributed by atoms with van der Waals surface area (Å²) in [6.45, 7) is 7.27. The van der Waals surface area contributed by atoms with Gasteiger partial charge in [0.05, 0.1) is 11.2 Å². The van der Waals surface area contributed by atoms with Crippen molar-refractivity contribution < 1.29 is 22.7 Å². The molecule has 0 radical (unpaired) electrons. The van der Waals surface area contributed by atoms with Gasteiger partial charge in [-0.2, -0.15) is 0 Å². The second-order valence-corrected chi connectivity index (χ2v) is 14.5.